The number of hydrogen-bond acceptors (Lipinski definition) is 3. The number of carbonyl (C=O) groups is 1. The van der Waals surface area contributed by atoms with Crippen molar-refractivity contribution in [2.24, 2.45) is 0 Å². The molecule has 0 bridgehead atoms. The smallest absolute Gasteiger partial charge is 0.236 e. The van der Waals surface area contributed by atoms with Crippen LogP contribution in [0, 0.1) is 0 Å². The van der Waals surface area contributed by atoms with Crippen LogP contribution in [0.3, 0.4) is 0 Å². The van der Waals surface area contributed by atoms with E-state index >= 15 is 0 Å². The van der Waals surface area contributed by atoms with Gasteiger partial charge >= 0.3 is 0 Å². The predicted molar refractivity (Wildman–Crippen MR) is 125 cm³/mol. The lowest BCUT2D eigenvalue weighted by molar-refractivity contribution is -0.116. The highest BCUT2D eigenvalue weighted by molar-refractivity contribution is 6.34. The Balaban J connectivity index is 1.66. The van der Waals surface area contributed by atoms with Crippen molar-refractivity contribution >= 4 is 28.9 Å². The number of rotatable bonds is 5. The molecule has 30 heavy (non-hydrogen) atoms. The number of anilines is 2. The molecule has 154 valence electrons. The van der Waals surface area contributed by atoms with Crippen LogP contribution in [0.4, 0.5) is 11.4 Å². The first kappa shape index (κ1) is 20.5. The Labute approximate surface area is 183 Å². The SMILES string of the molecule is CN1CCN(c2c(Cl)cccc2NC(=O)C(c2ccccc2)c2ccccc2)CC1. The quantitative estimate of drug-likeness (QED) is 0.641. The molecule has 4 nitrogen and oxygen atoms in total. The Kier molecular flexibility index (Phi) is 6.36. The van der Waals surface area contributed by atoms with Gasteiger partial charge in [-0.15, -0.1) is 0 Å². The van der Waals surface area contributed by atoms with Gasteiger partial charge in [0.25, 0.3) is 0 Å². The number of hydrogen-bond donors (Lipinski definition) is 1. The second kappa shape index (κ2) is 9.33. The van der Waals surface area contributed by atoms with Gasteiger partial charge in [0, 0.05) is 26.2 Å². The Morgan fingerprint density at radius 1 is 0.833 bits per heavy atom. The average molecular weight is 420 g/mol. The van der Waals surface area contributed by atoms with E-state index < -0.39 is 5.92 Å². The van der Waals surface area contributed by atoms with Gasteiger partial charge in [0.15, 0.2) is 0 Å². The van der Waals surface area contributed by atoms with Gasteiger partial charge in [0.1, 0.15) is 0 Å². The third-order valence-corrected chi connectivity index (χ3v) is 5.90. The van der Waals surface area contributed by atoms with Crippen molar-refractivity contribution in [3.63, 3.8) is 0 Å². The molecule has 0 spiro atoms. The number of para-hydroxylation sites is 1. The van der Waals surface area contributed by atoms with Crippen LogP contribution in [0.1, 0.15) is 17.0 Å². The molecular weight excluding hydrogens is 394 g/mol. The van der Waals surface area contributed by atoms with Crippen LogP contribution >= 0.6 is 11.6 Å². The third-order valence-electron chi connectivity index (χ3n) is 5.59. The Morgan fingerprint density at radius 2 is 1.40 bits per heavy atom. The summed E-state index contributed by atoms with van der Waals surface area (Å²) in [5.74, 6) is -0.461. The van der Waals surface area contributed by atoms with Crippen molar-refractivity contribution in [3.8, 4) is 0 Å². The van der Waals surface area contributed by atoms with Crippen molar-refractivity contribution < 1.29 is 4.79 Å². The first-order valence-corrected chi connectivity index (χ1v) is 10.6. The Morgan fingerprint density at radius 3 is 1.97 bits per heavy atom. The molecule has 0 aliphatic carbocycles. The molecule has 1 heterocycles. The summed E-state index contributed by atoms with van der Waals surface area (Å²) in [6.07, 6.45) is 0. The minimum Gasteiger partial charge on any atom is -0.366 e. The van der Waals surface area contributed by atoms with Gasteiger partial charge in [-0.05, 0) is 30.3 Å². The fourth-order valence-electron chi connectivity index (χ4n) is 3.96. The molecule has 0 radical (unpaired) electrons. The third kappa shape index (κ3) is 4.50. The number of piperazine rings is 1. The van der Waals surface area contributed by atoms with E-state index in [1.807, 2.05) is 78.9 Å². The maximum absolute atomic E-state index is 13.5. The van der Waals surface area contributed by atoms with Crippen LogP contribution in [-0.4, -0.2) is 44.0 Å². The van der Waals surface area contributed by atoms with E-state index in [1.54, 1.807) is 0 Å². The van der Waals surface area contributed by atoms with Crippen LogP contribution in [-0.2, 0) is 4.79 Å². The minimum atomic E-state index is -0.397. The Bertz CT molecular complexity index is 946. The number of benzene rings is 3. The molecule has 0 saturated carbocycles. The second-order valence-electron chi connectivity index (χ2n) is 7.67. The summed E-state index contributed by atoms with van der Waals surface area (Å²) in [6, 6.07) is 25.5. The maximum atomic E-state index is 13.5. The summed E-state index contributed by atoms with van der Waals surface area (Å²) in [5.41, 5.74) is 3.59. The normalized spacial score (nSPS) is 14.7. The van der Waals surface area contributed by atoms with Crippen molar-refractivity contribution in [2.45, 2.75) is 5.92 Å². The first-order chi connectivity index (χ1) is 14.6. The summed E-state index contributed by atoms with van der Waals surface area (Å²) in [7, 11) is 2.12. The van der Waals surface area contributed by atoms with Crippen molar-refractivity contribution in [2.75, 3.05) is 43.4 Å². The first-order valence-electron chi connectivity index (χ1n) is 10.3. The number of nitrogens with one attached hydrogen (secondary N) is 1. The second-order valence-corrected chi connectivity index (χ2v) is 8.08. The van der Waals surface area contributed by atoms with Gasteiger partial charge in [-0.3, -0.25) is 4.79 Å². The van der Waals surface area contributed by atoms with Gasteiger partial charge in [-0.1, -0.05) is 78.3 Å². The molecule has 1 aliphatic heterocycles. The van der Waals surface area contributed by atoms with E-state index in [0.29, 0.717) is 5.02 Å². The Hall–Kier alpha value is -2.82. The minimum absolute atomic E-state index is 0.0648. The lowest BCUT2D eigenvalue weighted by Gasteiger charge is -2.35. The zero-order valence-corrected chi connectivity index (χ0v) is 17.8. The zero-order valence-electron chi connectivity index (χ0n) is 17.1. The predicted octanol–water partition coefficient (Wildman–Crippen LogP) is 4.86. The monoisotopic (exact) mass is 419 g/mol. The number of nitrogens with zero attached hydrogens (tertiary/aromatic N) is 2. The molecule has 0 unspecified atom stereocenters. The molecule has 0 atom stereocenters. The van der Waals surface area contributed by atoms with Gasteiger partial charge < -0.3 is 15.1 Å². The molecule has 3 aromatic carbocycles. The molecule has 5 heteroatoms. The number of likely N-dealkylation sites (N-methyl/N-ethyl adjacent to an activating group) is 1. The molecule has 1 amide bonds. The highest BCUT2D eigenvalue weighted by Gasteiger charge is 2.25. The maximum Gasteiger partial charge on any atom is 0.236 e. The molecule has 0 aromatic heterocycles. The lowest BCUT2D eigenvalue weighted by Crippen LogP contribution is -2.45. The summed E-state index contributed by atoms with van der Waals surface area (Å²) >= 11 is 6.59. The summed E-state index contributed by atoms with van der Waals surface area (Å²) in [6.45, 7) is 3.69. The molecule has 1 saturated heterocycles. The summed E-state index contributed by atoms with van der Waals surface area (Å²) < 4.78 is 0. The van der Waals surface area contributed by atoms with Crippen LogP contribution in [0.2, 0.25) is 5.02 Å². The molecule has 1 fully saturated rings. The summed E-state index contributed by atoms with van der Waals surface area (Å²) in [4.78, 5) is 18.1. The fourth-order valence-corrected chi connectivity index (χ4v) is 4.25. The molecule has 1 aliphatic rings. The number of carbonyl (C=O) groups excluding carboxylic acids is 1. The van der Waals surface area contributed by atoms with Crippen LogP contribution in [0.15, 0.2) is 78.9 Å². The van der Waals surface area contributed by atoms with Crippen molar-refractivity contribution in [3.05, 3.63) is 95.0 Å². The average Bonchev–Trinajstić information content (AvgIpc) is 2.77. The number of amides is 1. The van der Waals surface area contributed by atoms with E-state index in [1.165, 1.54) is 0 Å². The summed E-state index contributed by atoms with van der Waals surface area (Å²) in [5, 5.41) is 3.84. The molecule has 4 rings (SSSR count). The highest BCUT2D eigenvalue weighted by Crippen LogP contribution is 2.36. The standard InChI is InChI=1S/C25H26ClN3O/c1-28-15-17-29(18-16-28)24-21(26)13-8-14-22(24)27-25(30)23(19-9-4-2-5-10-19)20-11-6-3-7-12-20/h2-14,23H,15-18H2,1H3,(H,27,30). The van der Waals surface area contributed by atoms with E-state index in [-0.39, 0.29) is 5.91 Å². The van der Waals surface area contributed by atoms with Crippen LogP contribution in [0.25, 0.3) is 0 Å². The van der Waals surface area contributed by atoms with Gasteiger partial charge in [0.05, 0.1) is 22.3 Å². The van der Waals surface area contributed by atoms with Gasteiger partial charge in [0.2, 0.25) is 5.91 Å². The van der Waals surface area contributed by atoms with E-state index in [9.17, 15) is 4.79 Å². The zero-order chi connectivity index (χ0) is 20.9. The van der Waals surface area contributed by atoms with Crippen LogP contribution < -0.4 is 10.2 Å². The van der Waals surface area contributed by atoms with Crippen LogP contribution in [0.5, 0.6) is 0 Å². The fraction of sp³-hybridized carbons (Fsp3) is 0.240. The number of halogens is 1. The highest BCUT2D eigenvalue weighted by atomic mass is 35.5. The lowest BCUT2D eigenvalue weighted by atomic mass is 9.90. The van der Waals surface area contributed by atoms with Crippen molar-refractivity contribution in [1.29, 1.82) is 0 Å². The topological polar surface area (TPSA) is 35.6 Å². The molecular formula is C25H26ClN3O. The van der Waals surface area contributed by atoms with E-state index in [0.717, 1.165) is 48.7 Å². The van der Waals surface area contributed by atoms with Gasteiger partial charge in [-0.2, -0.15) is 0 Å². The molecule has 1 N–H and O–H groups in total. The molecule has 3 aromatic rings. The van der Waals surface area contributed by atoms with Crippen molar-refractivity contribution in [1.82, 2.24) is 4.90 Å². The largest absolute Gasteiger partial charge is 0.366 e. The van der Waals surface area contributed by atoms with E-state index in [4.69, 9.17) is 11.6 Å². The van der Waals surface area contributed by atoms with E-state index in [2.05, 4.69) is 22.2 Å². The van der Waals surface area contributed by atoms with Gasteiger partial charge in [-0.25, -0.2) is 0 Å².